The molecular formula is C20H19N3O3. The molecule has 1 fully saturated rings. The van der Waals surface area contributed by atoms with Crippen molar-refractivity contribution in [3.05, 3.63) is 59.7 Å². The summed E-state index contributed by atoms with van der Waals surface area (Å²) in [7, 11) is 0. The second kappa shape index (κ2) is 7.09. The van der Waals surface area contributed by atoms with Crippen molar-refractivity contribution in [1.29, 1.82) is 0 Å². The first kappa shape index (κ1) is 16.5. The Hall–Kier alpha value is -2.99. The van der Waals surface area contributed by atoms with Crippen molar-refractivity contribution in [2.45, 2.75) is 18.9 Å². The molecule has 1 atom stereocenters. The summed E-state index contributed by atoms with van der Waals surface area (Å²) in [6, 6.07) is 14.3. The number of carbonyl (C=O) groups is 2. The molecule has 6 nitrogen and oxygen atoms in total. The van der Waals surface area contributed by atoms with Crippen LogP contribution in [0.4, 0.5) is 11.4 Å². The summed E-state index contributed by atoms with van der Waals surface area (Å²) in [5.41, 5.74) is 3.12. The van der Waals surface area contributed by atoms with Crippen molar-refractivity contribution in [3.63, 3.8) is 0 Å². The Labute approximate surface area is 151 Å². The van der Waals surface area contributed by atoms with Crippen LogP contribution in [0.5, 0.6) is 0 Å². The number of hydrogen-bond acceptors (Lipinski definition) is 4. The van der Waals surface area contributed by atoms with Gasteiger partial charge in [-0.05, 0) is 43.2 Å². The van der Waals surface area contributed by atoms with E-state index in [0.29, 0.717) is 23.5 Å². The molecule has 2 aliphatic heterocycles. The van der Waals surface area contributed by atoms with Crippen LogP contribution in [-0.4, -0.2) is 36.8 Å². The molecule has 6 heteroatoms. The van der Waals surface area contributed by atoms with Crippen molar-refractivity contribution >= 4 is 28.9 Å². The van der Waals surface area contributed by atoms with Crippen LogP contribution in [0, 0.1) is 0 Å². The van der Waals surface area contributed by atoms with Gasteiger partial charge in [-0.1, -0.05) is 18.2 Å². The Kier molecular flexibility index (Phi) is 4.50. The number of anilines is 1. The summed E-state index contributed by atoms with van der Waals surface area (Å²) in [5, 5.41) is 5.68. The van der Waals surface area contributed by atoms with Gasteiger partial charge in [0.05, 0.1) is 17.5 Å². The Morgan fingerprint density at radius 2 is 2.00 bits per heavy atom. The number of nitrogens with zero attached hydrogens (tertiary/aromatic N) is 1. The van der Waals surface area contributed by atoms with Gasteiger partial charge in [0.25, 0.3) is 11.8 Å². The number of ether oxygens (including phenoxy) is 1. The number of rotatable bonds is 4. The largest absolute Gasteiger partial charge is 0.376 e. The molecule has 2 heterocycles. The minimum atomic E-state index is -0.218. The van der Waals surface area contributed by atoms with E-state index in [-0.39, 0.29) is 17.9 Å². The molecule has 2 aromatic carbocycles. The van der Waals surface area contributed by atoms with E-state index in [1.807, 2.05) is 24.3 Å². The van der Waals surface area contributed by atoms with Gasteiger partial charge in [-0.15, -0.1) is 0 Å². The number of fused-ring (bicyclic) bond motifs is 1. The van der Waals surface area contributed by atoms with Gasteiger partial charge in [-0.25, -0.2) is 4.99 Å². The second-order valence-corrected chi connectivity index (χ2v) is 6.35. The topological polar surface area (TPSA) is 79.8 Å². The highest BCUT2D eigenvalue weighted by Gasteiger charge is 2.25. The molecule has 0 aromatic heterocycles. The lowest BCUT2D eigenvalue weighted by molar-refractivity contribution is -0.110. The SMILES string of the molecule is O=C1Nc2ccccc2C1=Nc1ccc(C(=O)NCC2CCCO2)cc1. The fraction of sp³-hybridized carbons (Fsp3) is 0.250. The molecule has 0 aliphatic carbocycles. The van der Waals surface area contributed by atoms with Crippen LogP contribution in [0.2, 0.25) is 0 Å². The molecule has 2 aromatic rings. The molecule has 2 aliphatic rings. The van der Waals surface area contributed by atoms with Gasteiger partial charge in [-0.2, -0.15) is 0 Å². The molecule has 0 spiro atoms. The molecular weight excluding hydrogens is 330 g/mol. The lowest BCUT2D eigenvalue weighted by Gasteiger charge is -2.10. The van der Waals surface area contributed by atoms with E-state index in [2.05, 4.69) is 15.6 Å². The summed E-state index contributed by atoms with van der Waals surface area (Å²) in [6.45, 7) is 1.30. The average molecular weight is 349 g/mol. The first-order valence-electron chi connectivity index (χ1n) is 8.70. The van der Waals surface area contributed by atoms with Gasteiger partial charge in [0.1, 0.15) is 5.71 Å². The van der Waals surface area contributed by atoms with Crippen LogP contribution in [0.3, 0.4) is 0 Å². The van der Waals surface area contributed by atoms with Crippen molar-refractivity contribution in [3.8, 4) is 0 Å². The zero-order valence-corrected chi connectivity index (χ0v) is 14.2. The highest BCUT2D eigenvalue weighted by Crippen LogP contribution is 2.25. The second-order valence-electron chi connectivity index (χ2n) is 6.35. The van der Waals surface area contributed by atoms with Gasteiger partial charge in [0.2, 0.25) is 0 Å². The smallest absolute Gasteiger partial charge is 0.275 e. The quantitative estimate of drug-likeness (QED) is 0.891. The predicted molar refractivity (Wildman–Crippen MR) is 99.0 cm³/mol. The third-order valence-electron chi connectivity index (χ3n) is 4.53. The number of hydrogen-bond donors (Lipinski definition) is 2. The van der Waals surface area contributed by atoms with Crippen LogP contribution in [0.25, 0.3) is 0 Å². The Balaban J connectivity index is 1.46. The normalized spacial score (nSPS) is 20.1. The zero-order chi connectivity index (χ0) is 17.9. The van der Waals surface area contributed by atoms with E-state index in [9.17, 15) is 9.59 Å². The number of para-hydroxylation sites is 1. The summed E-state index contributed by atoms with van der Waals surface area (Å²) in [6.07, 6.45) is 2.15. The molecule has 132 valence electrons. The number of carbonyl (C=O) groups excluding carboxylic acids is 2. The van der Waals surface area contributed by atoms with E-state index in [0.717, 1.165) is 30.7 Å². The number of amides is 2. The van der Waals surface area contributed by atoms with Crippen LogP contribution >= 0.6 is 0 Å². The lowest BCUT2D eigenvalue weighted by atomic mass is 10.1. The molecule has 2 amide bonds. The minimum absolute atomic E-state index is 0.116. The number of aliphatic imine (C=N–C) groups is 1. The van der Waals surface area contributed by atoms with Crippen LogP contribution < -0.4 is 10.6 Å². The van der Waals surface area contributed by atoms with E-state index in [1.165, 1.54) is 0 Å². The summed E-state index contributed by atoms with van der Waals surface area (Å²) < 4.78 is 5.50. The first-order valence-corrected chi connectivity index (χ1v) is 8.70. The number of benzene rings is 2. The van der Waals surface area contributed by atoms with Crippen LogP contribution in [0.1, 0.15) is 28.8 Å². The zero-order valence-electron chi connectivity index (χ0n) is 14.2. The van der Waals surface area contributed by atoms with E-state index >= 15 is 0 Å². The predicted octanol–water partition coefficient (Wildman–Crippen LogP) is 2.67. The molecule has 26 heavy (non-hydrogen) atoms. The van der Waals surface area contributed by atoms with Gasteiger partial charge < -0.3 is 15.4 Å². The fourth-order valence-corrected chi connectivity index (χ4v) is 3.14. The maximum absolute atomic E-state index is 12.2. The van der Waals surface area contributed by atoms with E-state index < -0.39 is 0 Å². The molecule has 1 saturated heterocycles. The lowest BCUT2D eigenvalue weighted by Crippen LogP contribution is -2.31. The van der Waals surface area contributed by atoms with Gasteiger partial charge in [0.15, 0.2) is 0 Å². The van der Waals surface area contributed by atoms with Crippen LogP contribution in [-0.2, 0) is 9.53 Å². The van der Waals surface area contributed by atoms with Crippen molar-refractivity contribution in [2.75, 3.05) is 18.5 Å². The van der Waals surface area contributed by atoms with Crippen molar-refractivity contribution < 1.29 is 14.3 Å². The van der Waals surface area contributed by atoms with Gasteiger partial charge >= 0.3 is 0 Å². The van der Waals surface area contributed by atoms with E-state index in [1.54, 1.807) is 24.3 Å². The molecule has 0 bridgehead atoms. The third kappa shape index (κ3) is 3.36. The summed E-state index contributed by atoms with van der Waals surface area (Å²) >= 11 is 0. The molecule has 1 unspecified atom stereocenters. The monoisotopic (exact) mass is 349 g/mol. The van der Waals surface area contributed by atoms with Gasteiger partial charge in [0, 0.05) is 24.3 Å². The maximum Gasteiger partial charge on any atom is 0.275 e. The fourth-order valence-electron chi connectivity index (χ4n) is 3.14. The van der Waals surface area contributed by atoms with Crippen molar-refractivity contribution in [2.24, 2.45) is 4.99 Å². The Morgan fingerprint density at radius 3 is 2.77 bits per heavy atom. The highest BCUT2D eigenvalue weighted by atomic mass is 16.5. The number of nitrogens with one attached hydrogen (secondary N) is 2. The maximum atomic E-state index is 12.2. The third-order valence-corrected chi connectivity index (χ3v) is 4.53. The summed E-state index contributed by atoms with van der Waals surface area (Å²) in [5.74, 6) is -0.353. The molecule has 2 N–H and O–H groups in total. The van der Waals surface area contributed by atoms with Crippen LogP contribution in [0.15, 0.2) is 53.5 Å². The molecule has 0 saturated carbocycles. The average Bonchev–Trinajstić information content (AvgIpc) is 3.29. The van der Waals surface area contributed by atoms with Crippen molar-refractivity contribution in [1.82, 2.24) is 5.32 Å². The standard InChI is InChI=1S/C20H19N3O3/c24-19(21-12-15-4-3-11-26-15)13-7-9-14(10-8-13)22-18-16-5-1-2-6-17(16)23-20(18)25/h1-2,5-10,15H,3-4,11-12H2,(H,21,24)(H,22,23,25). The highest BCUT2D eigenvalue weighted by molar-refractivity contribution is 6.54. The Morgan fingerprint density at radius 1 is 1.19 bits per heavy atom. The Bertz CT molecular complexity index is 868. The van der Waals surface area contributed by atoms with E-state index in [4.69, 9.17) is 4.74 Å². The first-order chi connectivity index (χ1) is 12.7. The summed E-state index contributed by atoms with van der Waals surface area (Å²) in [4.78, 5) is 28.8. The molecule has 4 rings (SSSR count). The molecule has 0 radical (unpaired) electrons. The van der Waals surface area contributed by atoms with Gasteiger partial charge in [-0.3, -0.25) is 9.59 Å². The minimum Gasteiger partial charge on any atom is -0.376 e.